The van der Waals surface area contributed by atoms with Crippen LogP contribution in [0.4, 0.5) is 14.5 Å². The van der Waals surface area contributed by atoms with Crippen LogP contribution >= 0.6 is 0 Å². The van der Waals surface area contributed by atoms with Crippen LogP contribution in [0.1, 0.15) is 23.7 Å². The van der Waals surface area contributed by atoms with Crippen molar-refractivity contribution in [3.8, 4) is 11.5 Å². The Bertz CT molecular complexity index is 1060. The fourth-order valence-corrected chi connectivity index (χ4v) is 5.47. The molecule has 2 unspecified atom stereocenters. The SMILES string of the molecule is [C-]#[N+]c1cc(F)cc(Oc2ccc3c4c2C(F)CC4(O)CS3(=O)=O)c1. The smallest absolute Gasteiger partial charge is 0.193 e. The Kier molecular flexibility index (Phi) is 3.20. The third-order valence-corrected chi connectivity index (χ3v) is 6.31. The summed E-state index contributed by atoms with van der Waals surface area (Å²) in [6.45, 7) is 6.95. The molecule has 0 saturated carbocycles. The molecule has 0 bridgehead atoms. The highest BCUT2D eigenvalue weighted by atomic mass is 32.2. The largest absolute Gasteiger partial charge is 0.458 e. The first-order chi connectivity index (χ1) is 11.7. The molecule has 0 fully saturated rings. The van der Waals surface area contributed by atoms with Crippen molar-refractivity contribution >= 4 is 15.5 Å². The predicted molar refractivity (Wildman–Crippen MR) is 83.6 cm³/mol. The molecular weight excluding hydrogens is 352 g/mol. The van der Waals surface area contributed by atoms with Crippen LogP contribution < -0.4 is 4.74 Å². The van der Waals surface area contributed by atoms with Crippen LogP contribution in [0, 0.1) is 12.4 Å². The number of hydrogen-bond acceptors (Lipinski definition) is 4. The average molecular weight is 363 g/mol. The molecule has 1 N–H and O–H groups in total. The molecule has 128 valence electrons. The maximum Gasteiger partial charge on any atom is 0.193 e. The summed E-state index contributed by atoms with van der Waals surface area (Å²) >= 11 is 0. The summed E-state index contributed by atoms with van der Waals surface area (Å²) in [6.07, 6.45) is -1.97. The minimum atomic E-state index is -3.69. The van der Waals surface area contributed by atoms with Crippen molar-refractivity contribution in [2.24, 2.45) is 0 Å². The van der Waals surface area contributed by atoms with Gasteiger partial charge in [0.15, 0.2) is 15.5 Å². The van der Waals surface area contributed by atoms with Gasteiger partial charge in [0, 0.05) is 23.6 Å². The summed E-state index contributed by atoms with van der Waals surface area (Å²) in [5.74, 6) is -1.25. The number of aliphatic hydroxyl groups is 1. The number of benzene rings is 2. The Hall–Kier alpha value is -2.50. The minimum absolute atomic E-state index is 0.000746. The van der Waals surface area contributed by atoms with Gasteiger partial charge >= 0.3 is 0 Å². The molecular formula is C17H11F2NO4S. The van der Waals surface area contributed by atoms with Gasteiger partial charge in [-0.1, -0.05) is 0 Å². The lowest BCUT2D eigenvalue weighted by Gasteiger charge is -2.15. The van der Waals surface area contributed by atoms with Gasteiger partial charge in [0.2, 0.25) is 0 Å². The van der Waals surface area contributed by atoms with Gasteiger partial charge in [-0.2, -0.15) is 0 Å². The van der Waals surface area contributed by atoms with E-state index < -0.39 is 33.2 Å². The Balaban J connectivity index is 1.86. The molecule has 4 rings (SSSR count). The topological polar surface area (TPSA) is 68.0 Å². The summed E-state index contributed by atoms with van der Waals surface area (Å²) in [4.78, 5) is 3.03. The maximum atomic E-state index is 14.5. The van der Waals surface area contributed by atoms with Gasteiger partial charge in [-0.15, -0.1) is 0 Å². The second kappa shape index (κ2) is 5.00. The van der Waals surface area contributed by atoms with Gasteiger partial charge in [-0.3, -0.25) is 0 Å². The fourth-order valence-electron chi connectivity index (χ4n) is 3.54. The number of ether oxygens (including phenoxy) is 1. The van der Waals surface area contributed by atoms with E-state index in [-0.39, 0.29) is 39.6 Å². The van der Waals surface area contributed by atoms with Crippen LogP contribution in [-0.2, 0) is 15.4 Å². The summed E-state index contributed by atoms with van der Waals surface area (Å²) in [7, 11) is -3.69. The van der Waals surface area contributed by atoms with Gasteiger partial charge in [-0.05, 0) is 24.3 Å². The highest BCUT2D eigenvalue weighted by Crippen LogP contribution is 2.56. The minimum Gasteiger partial charge on any atom is -0.458 e. The molecule has 8 heteroatoms. The molecule has 0 aromatic heterocycles. The van der Waals surface area contributed by atoms with E-state index in [1.165, 1.54) is 18.2 Å². The van der Waals surface area contributed by atoms with Crippen LogP contribution in [0.5, 0.6) is 11.5 Å². The molecule has 2 aliphatic rings. The van der Waals surface area contributed by atoms with Crippen molar-refractivity contribution in [1.29, 1.82) is 0 Å². The van der Waals surface area contributed by atoms with Crippen molar-refractivity contribution in [3.05, 3.63) is 58.7 Å². The van der Waals surface area contributed by atoms with E-state index in [1.54, 1.807) is 0 Å². The molecule has 1 heterocycles. The van der Waals surface area contributed by atoms with Gasteiger partial charge in [-0.25, -0.2) is 22.0 Å². The van der Waals surface area contributed by atoms with E-state index in [9.17, 15) is 22.3 Å². The van der Waals surface area contributed by atoms with E-state index in [2.05, 4.69) is 4.85 Å². The second-order valence-corrected chi connectivity index (χ2v) is 8.13. The van der Waals surface area contributed by atoms with Gasteiger partial charge < -0.3 is 9.84 Å². The van der Waals surface area contributed by atoms with Crippen molar-refractivity contribution in [2.75, 3.05) is 5.75 Å². The Labute approximate surface area is 142 Å². The summed E-state index contributed by atoms with van der Waals surface area (Å²) in [5, 5.41) is 10.6. The molecule has 0 amide bonds. The van der Waals surface area contributed by atoms with E-state index in [1.807, 2.05) is 0 Å². The van der Waals surface area contributed by atoms with E-state index in [4.69, 9.17) is 11.3 Å². The summed E-state index contributed by atoms with van der Waals surface area (Å²) in [6, 6.07) is 5.91. The molecule has 2 aromatic rings. The van der Waals surface area contributed by atoms with Crippen molar-refractivity contribution in [1.82, 2.24) is 0 Å². The summed E-state index contributed by atoms with van der Waals surface area (Å²) in [5.41, 5.74) is -1.76. The molecule has 2 atom stereocenters. The highest BCUT2D eigenvalue weighted by molar-refractivity contribution is 7.91. The highest BCUT2D eigenvalue weighted by Gasteiger charge is 2.55. The van der Waals surface area contributed by atoms with Crippen molar-refractivity contribution in [3.63, 3.8) is 0 Å². The number of alkyl halides is 1. The molecule has 25 heavy (non-hydrogen) atoms. The first-order valence-electron chi connectivity index (χ1n) is 7.36. The van der Waals surface area contributed by atoms with Crippen LogP contribution in [0.3, 0.4) is 0 Å². The van der Waals surface area contributed by atoms with Gasteiger partial charge in [0.25, 0.3) is 0 Å². The standard InChI is InChI=1S/C17H11F2NO4S/c1-20-10-4-9(18)5-11(6-10)24-13-2-3-14-16-15(13)12(19)7-17(16,21)8-25(14,22)23/h2-6,12,21H,7-8H2. The molecule has 1 aliphatic heterocycles. The van der Waals surface area contributed by atoms with Crippen LogP contribution in [-0.4, -0.2) is 19.3 Å². The van der Waals surface area contributed by atoms with Crippen molar-refractivity contribution in [2.45, 2.75) is 23.1 Å². The Morgan fingerprint density at radius 2 is 2.08 bits per heavy atom. The zero-order valence-corrected chi connectivity index (χ0v) is 13.5. The lowest BCUT2D eigenvalue weighted by atomic mass is 9.98. The second-order valence-electron chi connectivity index (χ2n) is 6.17. The maximum absolute atomic E-state index is 14.5. The lowest BCUT2D eigenvalue weighted by molar-refractivity contribution is 0.0466. The van der Waals surface area contributed by atoms with Gasteiger partial charge in [0.05, 0.1) is 17.2 Å². The Morgan fingerprint density at radius 3 is 2.80 bits per heavy atom. The number of sulfone groups is 1. The predicted octanol–water partition coefficient (Wildman–Crippen LogP) is 3.56. The van der Waals surface area contributed by atoms with Crippen LogP contribution in [0.15, 0.2) is 35.2 Å². The van der Waals surface area contributed by atoms with Gasteiger partial charge in [0.1, 0.15) is 29.1 Å². The van der Waals surface area contributed by atoms with E-state index in [0.717, 1.165) is 12.1 Å². The molecule has 0 saturated heterocycles. The first-order valence-corrected chi connectivity index (χ1v) is 9.01. The number of nitrogens with zero attached hydrogens (tertiary/aromatic N) is 1. The molecule has 0 spiro atoms. The first kappa shape index (κ1) is 16.0. The number of halogens is 2. The molecule has 0 radical (unpaired) electrons. The van der Waals surface area contributed by atoms with E-state index in [0.29, 0.717) is 0 Å². The average Bonchev–Trinajstić information content (AvgIpc) is 2.88. The zero-order chi connectivity index (χ0) is 18.0. The van der Waals surface area contributed by atoms with E-state index >= 15 is 0 Å². The van der Waals surface area contributed by atoms with Crippen LogP contribution in [0.2, 0.25) is 0 Å². The monoisotopic (exact) mass is 363 g/mol. The third kappa shape index (κ3) is 2.31. The fraction of sp³-hybridized carbons (Fsp3) is 0.235. The number of rotatable bonds is 2. The number of hydrogen-bond donors (Lipinski definition) is 1. The quantitative estimate of drug-likeness (QED) is 0.829. The summed E-state index contributed by atoms with van der Waals surface area (Å²) < 4.78 is 57.9. The Morgan fingerprint density at radius 1 is 1.32 bits per heavy atom. The van der Waals surface area contributed by atoms with Crippen molar-refractivity contribution < 1.29 is 27.0 Å². The molecule has 5 nitrogen and oxygen atoms in total. The zero-order valence-electron chi connectivity index (χ0n) is 12.7. The lowest BCUT2D eigenvalue weighted by Crippen LogP contribution is -2.25. The third-order valence-electron chi connectivity index (χ3n) is 4.44. The normalized spacial score (nSPS) is 25.4. The van der Waals surface area contributed by atoms with Crippen LogP contribution in [0.25, 0.3) is 4.85 Å². The molecule has 1 aliphatic carbocycles. The molecule has 2 aromatic carbocycles.